The first-order chi connectivity index (χ1) is 8.67. The summed E-state index contributed by atoms with van der Waals surface area (Å²) in [5.74, 6) is 5.62. The summed E-state index contributed by atoms with van der Waals surface area (Å²) in [6.07, 6.45) is 0. The Labute approximate surface area is 108 Å². The Balaban J connectivity index is 2.64. The van der Waals surface area contributed by atoms with Crippen LogP contribution < -0.4 is 11.1 Å². The van der Waals surface area contributed by atoms with Gasteiger partial charge < -0.3 is 15.8 Å². The number of benzene rings is 1. The summed E-state index contributed by atoms with van der Waals surface area (Å²) in [4.78, 5) is 11.4. The third-order valence-electron chi connectivity index (χ3n) is 2.40. The Morgan fingerprint density at radius 3 is 2.67 bits per heavy atom. The van der Waals surface area contributed by atoms with Crippen molar-refractivity contribution in [2.45, 2.75) is 13.0 Å². The van der Waals surface area contributed by atoms with Crippen LogP contribution >= 0.6 is 0 Å². The van der Waals surface area contributed by atoms with Gasteiger partial charge in [-0.25, -0.2) is 0 Å². The van der Waals surface area contributed by atoms with Crippen molar-refractivity contribution in [3.05, 3.63) is 35.4 Å². The molecule has 96 valence electrons. The van der Waals surface area contributed by atoms with Crippen LogP contribution in [0.5, 0.6) is 0 Å². The van der Waals surface area contributed by atoms with E-state index in [2.05, 4.69) is 17.2 Å². The number of hydrogen-bond acceptors (Lipinski definition) is 3. The van der Waals surface area contributed by atoms with E-state index in [1.807, 2.05) is 31.2 Å². The number of rotatable bonds is 4. The van der Waals surface area contributed by atoms with Gasteiger partial charge in [-0.15, -0.1) is 0 Å². The third kappa shape index (κ3) is 4.58. The number of nitrogens with one attached hydrogen (secondary N) is 1. The second-order valence-electron chi connectivity index (χ2n) is 3.85. The summed E-state index contributed by atoms with van der Waals surface area (Å²) in [5.41, 5.74) is 7.25. The Morgan fingerprint density at radius 2 is 2.11 bits per heavy atom. The molecule has 1 rings (SSSR count). The fourth-order valence-corrected chi connectivity index (χ4v) is 1.51. The molecular weight excluding hydrogens is 228 g/mol. The molecule has 3 N–H and O–H groups in total. The highest BCUT2D eigenvalue weighted by molar-refractivity contribution is 5.77. The van der Waals surface area contributed by atoms with Crippen LogP contribution in [0, 0.1) is 11.8 Å². The van der Waals surface area contributed by atoms with Gasteiger partial charge in [0.2, 0.25) is 5.91 Å². The number of nitrogens with two attached hydrogens (primary N) is 1. The topological polar surface area (TPSA) is 64.3 Å². The van der Waals surface area contributed by atoms with Crippen molar-refractivity contribution in [2.24, 2.45) is 5.73 Å². The molecule has 0 aliphatic rings. The molecule has 0 fully saturated rings. The molecule has 1 atom stereocenters. The SMILES string of the molecule is COCC(=O)NC(C)c1ccc(C#CCN)cc1. The Morgan fingerprint density at radius 1 is 1.44 bits per heavy atom. The molecule has 18 heavy (non-hydrogen) atoms. The highest BCUT2D eigenvalue weighted by Gasteiger charge is 2.08. The van der Waals surface area contributed by atoms with Gasteiger partial charge in [-0.1, -0.05) is 24.0 Å². The standard InChI is InChI=1S/C14H18N2O2/c1-11(16-14(17)10-18-2)13-7-5-12(6-8-13)4-3-9-15/h5-8,11H,9-10,15H2,1-2H3,(H,16,17). The highest BCUT2D eigenvalue weighted by atomic mass is 16.5. The van der Waals surface area contributed by atoms with Crippen LogP contribution in [-0.2, 0) is 9.53 Å². The van der Waals surface area contributed by atoms with Gasteiger partial charge in [0.15, 0.2) is 0 Å². The van der Waals surface area contributed by atoms with Gasteiger partial charge in [0.05, 0.1) is 12.6 Å². The zero-order valence-corrected chi connectivity index (χ0v) is 10.7. The van der Waals surface area contributed by atoms with E-state index in [0.29, 0.717) is 6.54 Å². The fraction of sp³-hybridized carbons (Fsp3) is 0.357. The maximum absolute atomic E-state index is 11.4. The first-order valence-corrected chi connectivity index (χ1v) is 5.74. The molecule has 0 saturated heterocycles. The average molecular weight is 246 g/mol. The van der Waals surface area contributed by atoms with Gasteiger partial charge in [-0.05, 0) is 24.6 Å². The largest absolute Gasteiger partial charge is 0.375 e. The quantitative estimate of drug-likeness (QED) is 0.773. The first kappa shape index (κ1) is 14.2. The molecule has 0 saturated carbocycles. The molecule has 4 nitrogen and oxygen atoms in total. The van der Waals surface area contributed by atoms with E-state index in [1.165, 1.54) is 7.11 Å². The second-order valence-corrected chi connectivity index (χ2v) is 3.85. The molecule has 0 aliphatic carbocycles. The molecule has 1 unspecified atom stereocenters. The van der Waals surface area contributed by atoms with Crippen LogP contribution in [0.15, 0.2) is 24.3 Å². The maximum Gasteiger partial charge on any atom is 0.246 e. The van der Waals surface area contributed by atoms with E-state index in [-0.39, 0.29) is 18.6 Å². The van der Waals surface area contributed by atoms with Gasteiger partial charge in [-0.2, -0.15) is 0 Å². The number of ether oxygens (including phenoxy) is 1. The number of carbonyl (C=O) groups excluding carboxylic acids is 1. The molecular formula is C14H18N2O2. The number of carbonyl (C=O) groups is 1. The van der Waals surface area contributed by atoms with Crippen LogP contribution in [-0.4, -0.2) is 26.2 Å². The van der Waals surface area contributed by atoms with Crippen molar-refractivity contribution in [3.63, 3.8) is 0 Å². The van der Waals surface area contributed by atoms with E-state index in [9.17, 15) is 4.79 Å². The minimum atomic E-state index is -0.128. The summed E-state index contributed by atoms with van der Waals surface area (Å²) in [6, 6.07) is 7.66. The molecule has 0 aliphatic heterocycles. The van der Waals surface area contributed by atoms with Crippen LogP contribution in [0.4, 0.5) is 0 Å². The van der Waals surface area contributed by atoms with E-state index in [4.69, 9.17) is 10.5 Å². The summed E-state index contributed by atoms with van der Waals surface area (Å²) >= 11 is 0. The summed E-state index contributed by atoms with van der Waals surface area (Å²) in [7, 11) is 1.50. The lowest BCUT2D eigenvalue weighted by Crippen LogP contribution is -2.29. The fourth-order valence-electron chi connectivity index (χ4n) is 1.51. The van der Waals surface area contributed by atoms with Crippen LogP contribution in [0.3, 0.4) is 0 Å². The minimum Gasteiger partial charge on any atom is -0.375 e. The predicted molar refractivity (Wildman–Crippen MR) is 70.8 cm³/mol. The normalized spacial score (nSPS) is 11.3. The Bertz CT molecular complexity index is 443. The zero-order chi connectivity index (χ0) is 13.4. The van der Waals surface area contributed by atoms with Gasteiger partial charge in [0.25, 0.3) is 0 Å². The van der Waals surface area contributed by atoms with Gasteiger partial charge in [-0.3, -0.25) is 4.79 Å². The van der Waals surface area contributed by atoms with Gasteiger partial charge in [0, 0.05) is 12.7 Å². The van der Waals surface area contributed by atoms with Crippen LogP contribution in [0.25, 0.3) is 0 Å². The van der Waals surface area contributed by atoms with Crippen molar-refractivity contribution >= 4 is 5.91 Å². The summed E-state index contributed by atoms with van der Waals surface area (Å²) in [5, 5.41) is 2.84. The lowest BCUT2D eigenvalue weighted by atomic mass is 10.1. The van der Waals surface area contributed by atoms with Gasteiger partial charge >= 0.3 is 0 Å². The molecule has 1 aromatic rings. The van der Waals surface area contributed by atoms with E-state index < -0.39 is 0 Å². The molecule has 0 heterocycles. The smallest absolute Gasteiger partial charge is 0.246 e. The molecule has 4 heteroatoms. The van der Waals surface area contributed by atoms with Crippen molar-refractivity contribution in [1.29, 1.82) is 0 Å². The lowest BCUT2D eigenvalue weighted by Gasteiger charge is -2.14. The van der Waals surface area contributed by atoms with Crippen LogP contribution in [0.2, 0.25) is 0 Å². The Kier molecular flexibility index (Phi) is 5.92. The highest BCUT2D eigenvalue weighted by Crippen LogP contribution is 2.12. The number of amides is 1. The molecule has 0 radical (unpaired) electrons. The van der Waals surface area contributed by atoms with Crippen molar-refractivity contribution in [2.75, 3.05) is 20.3 Å². The number of hydrogen-bond donors (Lipinski definition) is 2. The predicted octanol–water partition coefficient (Wildman–Crippen LogP) is 0.820. The summed E-state index contributed by atoms with van der Waals surface area (Å²) < 4.78 is 4.76. The molecule has 1 aromatic carbocycles. The second kappa shape index (κ2) is 7.49. The lowest BCUT2D eigenvalue weighted by molar-refractivity contribution is -0.125. The summed E-state index contributed by atoms with van der Waals surface area (Å²) in [6.45, 7) is 2.35. The monoisotopic (exact) mass is 246 g/mol. The zero-order valence-electron chi connectivity index (χ0n) is 10.7. The molecule has 1 amide bonds. The van der Waals surface area contributed by atoms with E-state index in [0.717, 1.165) is 11.1 Å². The molecule has 0 aromatic heterocycles. The molecule has 0 spiro atoms. The minimum absolute atomic E-state index is 0.0517. The number of methoxy groups -OCH3 is 1. The maximum atomic E-state index is 11.4. The van der Waals surface area contributed by atoms with Crippen molar-refractivity contribution < 1.29 is 9.53 Å². The molecule has 0 bridgehead atoms. The van der Waals surface area contributed by atoms with Crippen molar-refractivity contribution in [1.82, 2.24) is 5.32 Å². The van der Waals surface area contributed by atoms with E-state index in [1.54, 1.807) is 0 Å². The average Bonchev–Trinajstić information content (AvgIpc) is 2.37. The third-order valence-corrected chi connectivity index (χ3v) is 2.40. The van der Waals surface area contributed by atoms with E-state index >= 15 is 0 Å². The van der Waals surface area contributed by atoms with Gasteiger partial charge in [0.1, 0.15) is 6.61 Å². The Hall–Kier alpha value is -1.83. The first-order valence-electron chi connectivity index (χ1n) is 5.74. The van der Waals surface area contributed by atoms with Crippen molar-refractivity contribution in [3.8, 4) is 11.8 Å². The van der Waals surface area contributed by atoms with Crippen LogP contribution in [0.1, 0.15) is 24.1 Å².